The van der Waals surface area contributed by atoms with Crippen molar-refractivity contribution in [1.29, 1.82) is 0 Å². The van der Waals surface area contributed by atoms with Crippen LogP contribution in [0, 0.1) is 0 Å². The SMILES string of the molecule is CC(C)(C)OC(=O)[C@@H]1C[C@@H](O[Si](C)(C)C(C)(C)C)CCN1C(=O)OCC1c2ccccc2-c2ccccc21. The van der Waals surface area contributed by atoms with E-state index < -0.39 is 32.0 Å². The average Bonchev–Trinajstić information content (AvgIpc) is 3.14. The predicted octanol–water partition coefficient (Wildman–Crippen LogP) is 7.13. The van der Waals surface area contributed by atoms with Crippen LogP contribution in [-0.4, -0.2) is 56.2 Å². The minimum absolute atomic E-state index is 0.0363. The summed E-state index contributed by atoms with van der Waals surface area (Å²) < 4.78 is 18.3. The van der Waals surface area contributed by atoms with Crippen molar-refractivity contribution >= 4 is 20.4 Å². The molecule has 1 aliphatic carbocycles. The molecule has 1 heterocycles. The molecule has 206 valence electrons. The molecule has 0 unspecified atom stereocenters. The predicted molar refractivity (Wildman–Crippen MR) is 153 cm³/mol. The van der Waals surface area contributed by atoms with Gasteiger partial charge in [-0.15, -0.1) is 0 Å². The van der Waals surface area contributed by atoms with Gasteiger partial charge in [0.05, 0.1) is 0 Å². The molecule has 2 atom stereocenters. The number of carbonyl (C=O) groups is 2. The first-order valence-corrected chi connectivity index (χ1v) is 16.6. The lowest BCUT2D eigenvalue weighted by molar-refractivity contribution is -0.163. The second kappa shape index (κ2) is 10.5. The van der Waals surface area contributed by atoms with Crippen molar-refractivity contribution in [2.75, 3.05) is 13.2 Å². The van der Waals surface area contributed by atoms with Crippen LogP contribution >= 0.6 is 0 Å². The van der Waals surface area contributed by atoms with Gasteiger partial charge < -0.3 is 13.9 Å². The van der Waals surface area contributed by atoms with E-state index in [9.17, 15) is 9.59 Å². The Morgan fingerprint density at radius 1 is 0.921 bits per heavy atom. The first-order valence-electron chi connectivity index (χ1n) is 13.7. The van der Waals surface area contributed by atoms with Crippen molar-refractivity contribution in [3.05, 3.63) is 59.7 Å². The van der Waals surface area contributed by atoms with Gasteiger partial charge in [-0.05, 0) is 67.6 Å². The van der Waals surface area contributed by atoms with Gasteiger partial charge in [-0.25, -0.2) is 9.59 Å². The van der Waals surface area contributed by atoms with E-state index in [2.05, 4.69) is 58.1 Å². The molecule has 2 aromatic rings. The van der Waals surface area contributed by atoms with E-state index >= 15 is 0 Å². The molecule has 0 bridgehead atoms. The van der Waals surface area contributed by atoms with E-state index in [1.54, 1.807) is 4.90 Å². The van der Waals surface area contributed by atoms with Crippen LogP contribution in [0.15, 0.2) is 48.5 Å². The Kier molecular flexibility index (Phi) is 7.83. The average molecular weight is 538 g/mol. The van der Waals surface area contributed by atoms with E-state index in [1.807, 2.05) is 45.0 Å². The smallest absolute Gasteiger partial charge is 0.410 e. The van der Waals surface area contributed by atoms with Crippen molar-refractivity contribution in [2.24, 2.45) is 0 Å². The molecule has 2 aromatic carbocycles. The Hall–Kier alpha value is -2.64. The van der Waals surface area contributed by atoms with Gasteiger partial charge >= 0.3 is 12.1 Å². The molecule has 7 heteroatoms. The third-order valence-electron chi connectivity index (χ3n) is 8.07. The molecular formula is C31H43NO5Si. The first kappa shape index (κ1) is 28.4. The van der Waals surface area contributed by atoms with Crippen LogP contribution in [0.4, 0.5) is 4.79 Å². The van der Waals surface area contributed by atoms with Crippen LogP contribution in [0.25, 0.3) is 11.1 Å². The number of fused-ring (bicyclic) bond motifs is 3. The number of amides is 1. The molecule has 0 radical (unpaired) electrons. The minimum atomic E-state index is -2.04. The number of rotatable bonds is 5. The number of ether oxygens (including phenoxy) is 2. The molecule has 0 saturated carbocycles. The monoisotopic (exact) mass is 537 g/mol. The summed E-state index contributed by atoms with van der Waals surface area (Å²) in [6.07, 6.45) is 0.487. The Morgan fingerprint density at radius 2 is 1.47 bits per heavy atom. The number of nitrogens with zero attached hydrogens (tertiary/aromatic N) is 1. The Labute approximate surface area is 228 Å². The zero-order chi connectivity index (χ0) is 27.9. The van der Waals surface area contributed by atoms with Crippen molar-refractivity contribution < 1.29 is 23.5 Å². The number of esters is 1. The van der Waals surface area contributed by atoms with Gasteiger partial charge in [0, 0.05) is 25.0 Å². The van der Waals surface area contributed by atoms with Gasteiger partial charge in [0.25, 0.3) is 0 Å². The summed E-state index contributed by atoms with van der Waals surface area (Å²) >= 11 is 0. The zero-order valence-electron chi connectivity index (χ0n) is 24.2. The van der Waals surface area contributed by atoms with E-state index in [1.165, 1.54) is 11.1 Å². The highest BCUT2D eigenvalue weighted by Gasteiger charge is 2.44. The third kappa shape index (κ3) is 5.99. The van der Waals surface area contributed by atoms with Gasteiger partial charge in [0.2, 0.25) is 0 Å². The number of hydrogen-bond donors (Lipinski definition) is 0. The van der Waals surface area contributed by atoms with E-state index in [0.29, 0.717) is 19.4 Å². The quantitative estimate of drug-likeness (QED) is 0.300. The summed E-state index contributed by atoms with van der Waals surface area (Å²) in [7, 11) is -2.04. The Bertz CT molecular complexity index is 1130. The van der Waals surface area contributed by atoms with Gasteiger partial charge in [-0.2, -0.15) is 0 Å². The fourth-order valence-corrected chi connectivity index (χ4v) is 6.52. The highest BCUT2D eigenvalue weighted by molar-refractivity contribution is 6.74. The second-order valence-corrected chi connectivity index (χ2v) is 17.8. The fourth-order valence-electron chi connectivity index (χ4n) is 5.12. The summed E-state index contributed by atoms with van der Waals surface area (Å²) in [5.74, 6) is -0.444. The maximum atomic E-state index is 13.5. The molecule has 0 N–H and O–H groups in total. The van der Waals surface area contributed by atoms with Gasteiger partial charge in [-0.1, -0.05) is 69.3 Å². The maximum Gasteiger partial charge on any atom is 0.410 e. The zero-order valence-corrected chi connectivity index (χ0v) is 25.2. The molecule has 1 saturated heterocycles. The molecule has 1 aliphatic heterocycles. The number of likely N-dealkylation sites (tertiary alicyclic amines) is 1. The third-order valence-corrected chi connectivity index (χ3v) is 12.6. The van der Waals surface area contributed by atoms with Crippen LogP contribution in [0.1, 0.15) is 71.4 Å². The molecule has 38 heavy (non-hydrogen) atoms. The van der Waals surface area contributed by atoms with Crippen LogP contribution < -0.4 is 0 Å². The molecule has 2 aliphatic rings. The largest absolute Gasteiger partial charge is 0.458 e. The highest BCUT2D eigenvalue weighted by Crippen LogP contribution is 2.45. The second-order valence-electron chi connectivity index (χ2n) is 13.1. The lowest BCUT2D eigenvalue weighted by Crippen LogP contribution is -2.55. The van der Waals surface area contributed by atoms with E-state index in [-0.39, 0.29) is 23.7 Å². The lowest BCUT2D eigenvalue weighted by atomic mass is 9.98. The van der Waals surface area contributed by atoms with Crippen molar-refractivity contribution in [3.8, 4) is 11.1 Å². The summed E-state index contributed by atoms with van der Waals surface area (Å²) in [5.41, 5.74) is 4.02. The standard InChI is InChI=1S/C31H43NO5Si/c1-30(2,3)36-28(33)27-19-21(37-38(7,8)31(4,5)6)17-18-32(27)29(34)35-20-26-24-15-11-9-13-22(24)23-14-10-12-16-25(23)26/h9-16,21,26-27H,17-20H2,1-8H3/t21-,27-/m0/s1. The first-order chi connectivity index (χ1) is 17.7. The van der Waals surface area contributed by atoms with Crippen LogP contribution in [0.2, 0.25) is 18.1 Å². The summed E-state index contributed by atoms with van der Waals surface area (Å²) in [4.78, 5) is 28.3. The number of hydrogen-bond acceptors (Lipinski definition) is 5. The van der Waals surface area contributed by atoms with Gasteiger partial charge in [0.15, 0.2) is 8.32 Å². The number of benzene rings is 2. The van der Waals surface area contributed by atoms with Gasteiger partial charge in [0.1, 0.15) is 18.2 Å². The van der Waals surface area contributed by atoms with Crippen LogP contribution in [-0.2, 0) is 18.7 Å². The van der Waals surface area contributed by atoms with E-state index in [0.717, 1.165) is 11.1 Å². The van der Waals surface area contributed by atoms with Crippen molar-refractivity contribution in [2.45, 2.75) is 96.2 Å². The van der Waals surface area contributed by atoms with Crippen LogP contribution in [0.3, 0.4) is 0 Å². The summed E-state index contributed by atoms with van der Waals surface area (Å²) in [5, 5.41) is 0.0539. The lowest BCUT2D eigenvalue weighted by Gasteiger charge is -2.44. The summed E-state index contributed by atoms with van der Waals surface area (Å²) in [6.45, 7) is 17.2. The van der Waals surface area contributed by atoms with Crippen molar-refractivity contribution in [1.82, 2.24) is 4.90 Å². The molecule has 1 amide bonds. The minimum Gasteiger partial charge on any atom is -0.458 e. The number of carbonyl (C=O) groups excluding carboxylic acids is 2. The van der Waals surface area contributed by atoms with Gasteiger partial charge in [-0.3, -0.25) is 4.90 Å². The molecular weight excluding hydrogens is 494 g/mol. The van der Waals surface area contributed by atoms with E-state index in [4.69, 9.17) is 13.9 Å². The fraction of sp³-hybridized carbons (Fsp3) is 0.548. The summed E-state index contributed by atoms with van der Waals surface area (Å²) in [6, 6.07) is 15.8. The maximum absolute atomic E-state index is 13.5. The van der Waals surface area contributed by atoms with Crippen LogP contribution in [0.5, 0.6) is 0 Å². The Balaban J connectivity index is 1.50. The molecule has 1 fully saturated rings. The Morgan fingerprint density at radius 3 is 2.00 bits per heavy atom. The molecule has 0 spiro atoms. The molecule has 4 rings (SSSR count). The molecule has 0 aromatic heterocycles. The number of piperidine rings is 1. The normalized spacial score (nSPS) is 20.1. The highest BCUT2D eigenvalue weighted by atomic mass is 28.4. The van der Waals surface area contributed by atoms with Crippen molar-refractivity contribution in [3.63, 3.8) is 0 Å². The topological polar surface area (TPSA) is 65.1 Å². The molecule has 6 nitrogen and oxygen atoms in total.